The number of ether oxygens (including phenoxy) is 1. The first-order valence-electron chi connectivity index (χ1n) is 14.6. The molecular weight excluding hydrogens is 583 g/mol. The number of carbonyl (C=O) groups is 2. The molecule has 0 saturated heterocycles. The van der Waals surface area contributed by atoms with Crippen molar-refractivity contribution >= 4 is 39.3 Å². The van der Waals surface area contributed by atoms with Gasteiger partial charge in [-0.05, 0) is 87.4 Å². The van der Waals surface area contributed by atoms with Crippen molar-refractivity contribution in [3.8, 4) is 5.75 Å². The summed E-state index contributed by atoms with van der Waals surface area (Å²) < 4.78 is 35.4. The standard InChI is InChI=1S/C33H43N3O5S2/c1-7-25(5)34-33(38)29(8-2)35(22-26-15-11-10-14-24(26)4)32(37)23-36(30-16-12-13-17-31(30)41-9-3)43(39,40)28-20-18-27(42-6)19-21-28/h10-21,25,29H,7-9,22-23H2,1-6H3,(H,34,38)/t25-,29-/m0/s1. The normalized spacial score (nSPS) is 12.7. The Morgan fingerprint density at radius 2 is 1.58 bits per heavy atom. The largest absolute Gasteiger partial charge is 0.492 e. The van der Waals surface area contributed by atoms with Crippen LogP contribution in [-0.2, 0) is 26.2 Å². The quantitative estimate of drug-likeness (QED) is 0.207. The molecule has 3 aromatic rings. The molecule has 2 atom stereocenters. The number of nitrogens with one attached hydrogen (secondary N) is 1. The fourth-order valence-electron chi connectivity index (χ4n) is 4.66. The lowest BCUT2D eigenvalue weighted by molar-refractivity contribution is -0.140. The summed E-state index contributed by atoms with van der Waals surface area (Å²) in [5, 5.41) is 3.01. The van der Waals surface area contributed by atoms with Crippen LogP contribution >= 0.6 is 11.8 Å². The number of aryl methyl sites for hydroxylation is 1. The molecule has 0 bridgehead atoms. The molecule has 0 aromatic heterocycles. The number of para-hydroxylation sites is 2. The Hall–Kier alpha value is -3.50. The minimum atomic E-state index is -4.21. The lowest BCUT2D eigenvalue weighted by Gasteiger charge is -2.34. The van der Waals surface area contributed by atoms with Crippen LogP contribution in [0.4, 0.5) is 5.69 Å². The molecule has 3 aromatic carbocycles. The highest BCUT2D eigenvalue weighted by atomic mass is 32.2. The molecule has 0 radical (unpaired) electrons. The molecular formula is C33H43N3O5S2. The van der Waals surface area contributed by atoms with E-state index in [1.165, 1.54) is 16.7 Å². The highest BCUT2D eigenvalue weighted by Gasteiger charge is 2.35. The first-order chi connectivity index (χ1) is 20.6. The van der Waals surface area contributed by atoms with E-state index in [4.69, 9.17) is 4.74 Å². The SMILES string of the molecule is CCOc1ccccc1N(CC(=O)N(Cc1ccccc1C)[C@@H](CC)C(=O)N[C@@H](C)CC)S(=O)(=O)c1ccc(SC)cc1. The van der Waals surface area contributed by atoms with Crippen molar-refractivity contribution in [3.05, 3.63) is 83.9 Å². The average molecular weight is 626 g/mol. The third-order valence-corrected chi connectivity index (χ3v) is 9.87. The first kappa shape index (κ1) is 34.0. The number of carbonyl (C=O) groups excluding carboxylic acids is 2. The molecule has 10 heteroatoms. The van der Waals surface area contributed by atoms with E-state index in [-0.39, 0.29) is 29.1 Å². The molecule has 232 valence electrons. The second kappa shape index (κ2) is 15.8. The molecule has 0 unspecified atom stereocenters. The summed E-state index contributed by atoms with van der Waals surface area (Å²) in [6, 6.07) is 20.1. The number of thioether (sulfide) groups is 1. The van der Waals surface area contributed by atoms with E-state index in [2.05, 4.69) is 5.32 Å². The van der Waals surface area contributed by atoms with Gasteiger partial charge in [-0.25, -0.2) is 8.42 Å². The van der Waals surface area contributed by atoms with Crippen molar-refractivity contribution in [2.45, 2.75) is 75.9 Å². The number of sulfonamides is 1. The monoisotopic (exact) mass is 625 g/mol. The highest BCUT2D eigenvalue weighted by Crippen LogP contribution is 2.33. The number of hydrogen-bond donors (Lipinski definition) is 1. The van der Waals surface area contributed by atoms with E-state index < -0.39 is 28.5 Å². The van der Waals surface area contributed by atoms with Crippen LogP contribution in [0, 0.1) is 6.92 Å². The zero-order chi connectivity index (χ0) is 31.6. The molecule has 0 spiro atoms. The zero-order valence-corrected chi connectivity index (χ0v) is 27.5. The lowest BCUT2D eigenvalue weighted by Crippen LogP contribution is -2.53. The molecule has 0 fully saturated rings. The second-order valence-electron chi connectivity index (χ2n) is 10.3. The molecule has 0 aliphatic rings. The summed E-state index contributed by atoms with van der Waals surface area (Å²) in [6.07, 6.45) is 3.01. The minimum Gasteiger partial charge on any atom is -0.492 e. The topological polar surface area (TPSA) is 96.0 Å². The fourth-order valence-corrected chi connectivity index (χ4v) is 6.49. The molecule has 8 nitrogen and oxygen atoms in total. The third-order valence-electron chi connectivity index (χ3n) is 7.35. The van der Waals surface area contributed by atoms with Gasteiger partial charge in [0.1, 0.15) is 18.3 Å². The van der Waals surface area contributed by atoms with E-state index in [0.29, 0.717) is 18.8 Å². The molecule has 0 heterocycles. The smallest absolute Gasteiger partial charge is 0.264 e. The summed E-state index contributed by atoms with van der Waals surface area (Å²) in [5.41, 5.74) is 2.10. The van der Waals surface area contributed by atoms with Gasteiger partial charge in [-0.3, -0.25) is 13.9 Å². The van der Waals surface area contributed by atoms with Crippen LogP contribution in [0.25, 0.3) is 0 Å². The Balaban J connectivity index is 2.12. The number of nitrogens with zero attached hydrogens (tertiary/aromatic N) is 2. The number of anilines is 1. The zero-order valence-electron chi connectivity index (χ0n) is 25.9. The van der Waals surface area contributed by atoms with Gasteiger partial charge in [-0.15, -0.1) is 11.8 Å². The predicted octanol–water partition coefficient (Wildman–Crippen LogP) is 6.03. The minimum absolute atomic E-state index is 0.0522. The van der Waals surface area contributed by atoms with E-state index in [1.807, 2.05) is 65.1 Å². The van der Waals surface area contributed by atoms with Crippen LogP contribution in [0.3, 0.4) is 0 Å². The summed E-state index contributed by atoms with van der Waals surface area (Å²) in [4.78, 5) is 30.3. The third kappa shape index (κ3) is 8.54. The van der Waals surface area contributed by atoms with Gasteiger partial charge in [0, 0.05) is 17.5 Å². The van der Waals surface area contributed by atoms with E-state index in [0.717, 1.165) is 26.7 Å². The number of hydrogen-bond acceptors (Lipinski definition) is 6. The van der Waals surface area contributed by atoms with E-state index in [1.54, 1.807) is 48.5 Å². The summed E-state index contributed by atoms with van der Waals surface area (Å²) in [6.45, 7) is 9.46. The van der Waals surface area contributed by atoms with Crippen LogP contribution in [0.15, 0.2) is 82.6 Å². The van der Waals surface area contributed by atoms with Crippen LogP contribution in [0.1, 0.15) is 51.7 Å². The van der Waals surface area contributed by atoms with Crippen LogP contribution < -0.4 is 14.4 Å². The van der Waals surface area contributed by atoms with E-state index >= 15 is 0 Å². The molecule has 0 aliphatic heterocycles. The van der Waals surface area contributed by atoms with Gasteiger partial charge in [0.05, 0.1) is 17.2 Å². The van der Waals surface area contributed by atoms with Gasteiger partial charge in [-0.2, -0.15) is 0 Å². The highest BCUT2D eigenvalue weighted by molar-refractivity contribution is 7.98. The first-order valence-corrected chi connectivity index (χ1v) is 17.3. The van der Waals surface area contributed by atoms with Crippen molar-refractivity contribution < 1.29 is 22.7 Å². The van der Waals surface area contributed by atoms with Gasteiger partial charge in [-0.1, -0.05) is 50.2 Å². The van der Waals surface area contributed by atoms with Crippen molar-refractivity contribution in [1.82, 2.24) is 10.2 Å². The van der Waals surface area contributed by atoms with Gasteiger partial charge in [0.2, 0.25) is 11.8 Å². The molecule has 2 amide bonds. The van der Waals surface area contributed by atoms with Crippen molar-refractivity contribution in [2.24, 2.45) is 0 Å². The van der Waals surface area contributed by atoms with E-state index in [9.17, 15) is 18.0 Å². The van der Waals surface area contributed by atoms with Gasteiger partial charge in [0.15, 0.2) is 0 Å². The molecule has 0 saturated carbocycles. The van der Waals surface area contributed by atoms with Gasteiger partial charge < -0.3 is 15.0 Å². The van der Waals surface area contributed by atoms with Crippen LogP contribution in [-0.4, -0.2) is 56.6 Å². The molecule has 3 rings (SSSR count). The fraction of sp³-hybridized carbons (Fsp3) is 0.394. The maximum atomic E-state index is 14.3. The summed E-state index contributed by atoms with van der Waals surface area (Å²) in [5.74, 6) is -0.422. The summed E-state index contributed by atoms with van der Waals surface area (Å²) >= 11 is 1.51. The summed E-state index contributed by atoms with van der Waals surface area (Å²) in [7, 11) is -4.21. The Morgan fingerprint density at radius 3 is 2.19 bits per heavy atom. The molecule has 0 aliphatic carbocycles. The van der Waals surface area contributed by atoms with Crippen molar-refractivity contribution in [2.75, 3.05) is 23.7 Å². The predicted molar refractivity (Wildman–Crippen MR) is 174 cm³/mol. The second-order valence-corrected chi connectivity index (χ2v) is 13.0. The van der Waals surface area contributed by atoms with Crippen LogP contribution in [0.2, 0.25) is 0 Å². The number of benzene rings is 3. The van der Waals surface area contributed by atoms with Gasteiger partial charge >= 0.3 is 0 Å². The maximum absolute atomic E-state index is 14.3. The Bertz CT molecular complexity index is 1480. The van der Waals surface area contributed by atoms with Crippen LogP contribution in [0.5, 0.6) is 5.75 Å². The Kier molecular flexibility index (Phi) is 12.5. The average Bonchev–Trinajstić information content (AvgIpc) is 3.01. The molecule has 1 N–H and O–H groups in total. The lowest BCUT2D eigenvalue weighted by atomic mass is 10.1. The number of amides is 2. The maximum Gasteiger partial charge on any atom is 0.264 e. The molecule has 43 heavy (non-hydrogen) atoms. The van der Waals surface area contributed by atoms with Gasteiger partial charge in [0.25, 0.3) is 10.0 Å². The Morgan fingerprint density at radius 1 is 0.930 bits per heavy atom. The van der Waals surface area contributed by atoms with Crippen molar-refractivity contribution in [3.63, 3.8) is 0 Å². The van der Waals surface area contributed by atoms with Crippen molar-refractivity contribution in [1.29, 1.82) is 0 Å². The Labute approximate surface area is 260 Å². The number of rotatable bonds is 15.